The number of benzene rings is 1. The predicted molar refractivity (Wildman–Crippen MR) is 58.1 cm³/mol. The van der Waals surface area contributed by atoms with Crippen LogP contribution in [0.5, 0.6) is 0 Å². The van der Waals surface area contributed by atoms with Crippen LogP contribution in [-0.2, 0) is 5.60 Å². The molecule has 14 heavy (non-hydrogen) atoms. The molecule has 0 radical (unpaired) electrons. The summed E-state index contributed by atoms with van der Waals surface area (Å²) >= 11 is 0. The largest absolute Gasteiger partial charge is 0.385 e. The molecule has 1 fully saturated rings. The van der Waals surface area contributed by atoms with Gasteiger partial charge in [-0.15, -0.1) is 0 Å². The van der Waals surface area contributed by atoms with Gasteiger partial charge in [0.25, 0.3) is 0 Å². The molecule has 1 saturated carbocycles. The van der Waals surface area contributed by atoms with Crippen LogP contribution in [0.4, 0.5) is 0 Å². The molecule has 1 heteroatoms. The molecule has 2 atom stereocenters. The van der Waals surface area contributed by atoms with Gasteiger partial charge in [0.1, 0.15) is 0 Å². The van der Waals surface area contributed by atoms with Gasteiger partial charge in [-0.25, -0.2) is 0 Å². The highest BCUT2D eigenvalue weighted by molar-refractivity contribution is 5.32. The van der Waals surface area contributed by atoms with Gasteiger partial charge in [-0.05, 0) is 31.2 Å². The van der Waals surface area contributed by atoms with E-state index in [0.717, 1.165) is 18.4 Å². The summed E-state index contributed by atoms with van der Waals surface area (Å²) in [5, 5.41) is 10.3. The Hall–Kier alpha value is -0.820. The van der Waals surface area contributed by atoms with Gasteiger partial charge in [-0.1, -0.05) is 43.2 Å². The summed E-state index contributed by atoms with van der Waals surface area (Å²) in [4.78, 5) is 0. The van der Waals surface area contributed by atoms with Crippen molar-refractivity contribution in [1.29, 1.82) is 0 Å². The molecule has 76 valence electrons. The lowest BCUT2D eigenvalue weighted by Gasteiger charge is -2.11. The first kappa shape index (κ1) is 9.72. The van der Waals surface area contributed by atoms with E-state index in [4.69, 9.17) is 0 Å². The third-order valence-electron chi connectivity index (χ3n) is 3.23. The highest BCUT2D eigenvalue weighted by Gasteiger charge is 2.53. The average Bonchev–Trinajstić information content (AvgIpc) is 2.79. The van der Waals surface area contributed by atoms with Gasteiger partial charge >= 0.3 is 0 Å². The quantitative estimate of drug-likeness (QED) is 0.776. The molecule has 0 amide bonds. The van der Waals surface area contributed by atoms with Crippen LogP contribution in [0.3, 0.4) is 0 Å². The van der Waals surface area contributed by atoms with Gasteiger partial charge < -0.3 is 5.11 Å². The molecule has 1 aromatic carbocycles. The smallest absolute Gasteiger partial charge is 0.0929 e. The summed E-state index contributed by atoms with van der Waals surface area (Å²) in [6, 6.07) is 8.26. The summed E-state index contributed by atoms with van der Waals surface area (Å²) < 4.78 is 0. The second-order valence-corrected chi connectivity index (χ2v) is 4.48. The Balaban J connectivity index is 2.17. The van der Waals surface area contributed by atoms with Crippen molar-refractivity contribution in [2.24, 2.45) is 5.92 Å². The molecule has 0 heterocycles. The van der Waals surface area contributed by atoms with E-state index in [1.165, 1.54) is 12.0 Å². The van der Waals surface area contributed by atoms with Gasteiger partial charge in [-0.2, -0.15) is 0 Å². The van der Waals surface area contributed by atoms with E-state index in [0.29, 0.717) is 5.92 Å². The number of hydrogen-bond donors (Lipinski definition) is 1. The Morgan fingerprint density at radius 3 is 2.93 bits per heavy atom. The van der Waals surface area contributed by atoms with Gasteiger partial charge in [0, 0.05) is 0 Å². The molecule has 0 bridgehead atoms. The number of aliphatic hydroxyl groups is 1. The first-order chi connectivity index (χ1) is 6.66. The molecule has 0 aliphatic heterocycles. The van der Waals surface area contributed by atoms with Crippen LogP contribution < -0.4 is 0 Å². The van der Waals surface area contributed by atoms with E-state index in [1.807, 2.05) is 12.1 Å². The Kier molecular flexibility index (Phi) is 2.36. The zero-order valence-electron chi connectivity index (χ0n) is 8.96. The molecule has 2 rings (SSSR count). The summed E-state index contributed by atoms with van der Waals surface area (Å²) in [6.45, 7) is 4.25. The Morgan fingerprint density at radius 1 is 1.50 bits per heavy atom. The fourth-order valence-electron chi connectivity index (χ4n) is 2.27. The van der Waals surface area contributed by atoms with Crippen molar-refractivity contribution >= 4 is 0 Å². The molecule has 1 nitrogen and oxygen atoms in total. The van der Waals surface area contributed by atoms with Crippen LogP contribution in [0.25, 0.3) is 0 Å². The molecular formula is C13H18O. The Morgan fingerprint density at radius 2 is 2.29 bits per heavy atom. The third-order valence-corrected chi connectivity index (χ3v) is 3.23. The molecule has 0 aromatic heterocycles. The fourth-order valence-corrected chi connectivity index (χ4v) is 2.27. The second kappa shape index (κ2) is 3.39. The van der Waals surface area contributed by atoms with Crippen molar-refractivity contribution in [3.8, 4) is 0 Å². The minimum Gasteiger partial charge on any atom is -0.385 e. The highest BCUT2D eigenvalue weighted by Crippen LogP contribution is 2.54. The summed E-state index contributed by atoms with van der Waals surface area (Å²) in [5.41, 5.74) is 1.84. The SMILES string of the molecule is CCCC1CC1(O)c1cccc(C)c1. The van der Waals surface area contributed by atoms with Gasteiger partial charge in [0.05, 0.1) is 5.60 Å². The minimum absolute atomic E-state index is 0.495. The van der Waals surface area contributed by atoms with Gasteiger partial charge in [0.2, 0.25) is 0 Å². The lowest BCUT2D eigenvalue weighted by Crippen LogP contribution is -2.08. The molecule has 1 N–H and O–H groups in total. The maximum atomic E-state index is 10.3. The molecular weight excluding hydrogens is 172 g/mol. The number of aryl methyl sites for hydroxylation is 1. The van der Waals surface area contributed by atoms with Crippen molar-refractivity contribution in [2.75, 3.05) is 0 Å². The fraction of sp³-hybridized carbons (Fsp3) is 0.538. The monoisotopic (exact) mass is 190 g/mol. The second-order valence-electron chi connectivity index (χ2n) is 4.48. The van der Waals surface area contributed by atoms with Gasteiger partial charge in [-0.3, -0.25) is 0 Å². The van der Waals surface area contributed by atoms with Crippen molar-refractivity contribution < 1.29 is 5.11 Å². The van der Waals surface area contributed by atoms with E-state index in [-0.39, 0.29) is 0 Å². The maximum absolute atomic E-state index is 10.3. The summed E-state index contributed by atoms with van der Waals surface area (Å²) in [5.74, 6) is 0.495. The number of rotatable bonds is 3. The standard InChI is InChI=1S/C13H18O/c1-3-5-12-9-13(12,14)11-7-4-6-10(2)8-11/h4,6-8,12,14H,3,5,9H2,1-2H3. The van der Waals surface area contributed by atoms with E-state index in [1.54, 1.807) is 0 Å². The highest BCUT2D eigenvalue weighted by atomic mass is 16.3. The first-order valence-corrected chi connectivity index (χ1v) is 5.46. The van der Waals surface area contributed by atoms with Crippen molar-refractivity contribution in [3.05, 3.63) is 35.4 Å². The molecule has 0 spiro atoms. The Bertz CT molecular complexity index is 332. The van der Waals surface area contributed by atoms with E-state index < -0.39 is 5.60 Å². The van der Waals surface area contributed by atoms with Crippen LogP contribution in [0.2, 0.25) is 0 Å². The van der Waals surface area contributed by atoms with Crippen LogP contribution in [0.1, 0.15) is 37.3 Å². The molecule has 1 aromatic rings. The molecule has 2 unspecified atom stereocenters. The van der Waals surface area contributed by atoms with Crippen LogP contribution in [0, 0.1) is 12.8 Å². The zero-order chi connectivity index (χ0) is 10.2. The Labute approximate surface area is 85.8 Å². The van der Waals surface area contributed by atoms with Crippen molar-refractivity contribution in [1.82, 2.24) is 0 Å². The van der Waals surface area contributed by atoms with Crippen molar-refractivity contribution in [3.63, 3.8) is 0 Å². The third kappa shape index (κ3) is 1.57. The predicted octanol–water partition coefficient (Wildman–Crippen LogP) is 3.00. The summed E-state index contributed by atoms with van der Waals surface area (Å²) in [7, 11) is 0. The van der Waals surface area contributed by atoms with E-state index >= 15 is 0 Å². The van der Waals surface area contributed by atoms with Crippen molar-refractivity contribution in [2.45, 2.75) is 38.7 Å². The van der Waals surface area contributed by atoms with Crippen LogP contribution in [-0.4, -0.2) is 5.11 Å². The number of hydrogen-bond acceptors (Lipinski definition) is 1. The minimum atomic E-state index is -0.498. The zero-order valence-corrected chi connectivity index (χ0v) is 8.96. The van der Waals surface area contributed by atoms with E-state index in [2.05, 4.69) is 26.0 Å². The lowest BCUT2D eigenvalue weighted by atomic mass is 10.0. The first-order valence-electron chi connectivity index (χ1n) is 5.46. The molecule has 1 aliphatic rings. The topological polar surface area (TPSA) is 20.2 Å². The lowest BCUT2D eigenvalue weighted by molar-refractivity contribution is 0.129. The van der Waals surface area contributed by atoms with Gasteiger partial charge in [0.15, 0.2) is 0 Å². The maximum Gasteiger partial charge on any atom is 0.0929 e. The van der Waals surface area contributed by atoms with E-state index in [9.17, 15) is 5.11 Å². The summed E-state index contributed by atoms with van der Waals surface area (Å²) in [6.07, 6.45) is 3.26. The van der Waals surface area contributed by atoms with Crippen LogP contribution >= 0.6 is 0 Å². The normalized spacial score (nSPS) is 30.4. The average molecular weight is 190 g/mol. The molecule has 1 aliphatic carbocycles. The van der Waals surface area contributed by atoms with Crippen LogP contribution in [0.15, 0.2) is 24.3 Å². The molecule has 0 saturated heterocycles.